The second-order valence-corrected chi connectivity index (χ2v) is 7.22. The summed E-state index contributed by atoms with van der Waals surface area (Å²) in [6.45, 7) is 0. The van der Waals surface area contributed by atoms with Crippen molar-refractivity contribution in [1.82, 2.24) is 0 Å². The molecule has 1 N–H and O–H groups in total. The normalized spacial score (nSPS) is 22.3. The Hall–Kier alpha value is -1.32. The van der Waals surface area contributed by atoms with E-state index in [1.54, 1.807) is 0 Å². The smallest absolute Gasteiger partial charge is 0.0552 e. The third-order valence-corrected chi connectivity index (χ3v) is 5.12. The molecule has 0 saturated heterocycles. The largest absolute Gasteiger partial charge is 0.377 e. The zero-order valence-corrected chi connectivity index (χ0v) is 14.4. The zero-order valence-electron chi connectivity index (χ0n) is 11.2. The summed E-state index contributed by atoms with van der Waals surface area (Å²) < 4.78 is 2.25. The molecule has 2 aromatic carbocycles. The minimum atomic E-state index is 0.287. The molecule has 0 saturated carbocycles. The molecule has 1 nitrogen and oxygen atoms in total. The van der Waals surface area contributed by atoms with Gasteiger partial charge in [0.2, 0.25) is 0 Å². The van der Waals surface area contributed by atoms with Gasteiger partial charge in [0.25, 0.3) is 0 Å². The summed E-state index contributed by atoms with van der Waals surface area (Å²) in [7, 11) is 0. The third-order valence-electron chi connectivity index (χ3n) is 4.10. The Morgan fingerprint density at radius 3 is 2.71 bits per heavy atom. The molecule has 2 unspecified atom stereocenters. The van der Waals surface area contributed by atoms with E-state index in [9.17, 15) is 0 Å². The Morgan fingerprint density at radius 1 is 0.952 bits per heavy atom. The lowest BCUT2D eigenvalue weighted by Crippen LogP contribution is -2.25. The van der Waals surface area contributed by atoms with Crippen molar-refractivity contribution in [2.24, 2.45) is 0 Å². The first-order chi connectivity index (χ1) is 10.2. The summed E-state index contributed by atoms with van der Waals surface area (Å²) in [5, 5.41) is 3.68. The molecule has 0 amide bonds. The zero-order chi connectivity index (χ0) is 14.4. The molecule has 21 heavy (non-hydrogen) atoms. The number of hydrogen-bond donors (Lipinski definition) is 1. The second kappa shape index (κ2) is 5.15. The van der Waals surface area contributed by atoms with Crippen molar-refractivity contribution >= 4 is 37.5 Å². The van der Waals surface area contributed by atoms with Gasteiger partial charge in [0.05, 0.1) is 6.04 Å². The van der Waals surface area contributed by atoms with Crippen LogP contribution >= 0.6 is 31.9 Å². The average molecular weight is 403 g/mol. The molecular formula is C18H13Br2N. The number of allylic oxidation sites excluding steroid dienone is 2. The highest BCUT2D eigenvalue weighted by molar-refractivity contribution is 9.12. The number of halogens is 2. The van der Waals surface area contributed by atoms with E-state index in [0.29, 0.717) is 5.92 Å². The Balaban J connectivity index is 1.99. The quantitative estimate of drug-likeness (QED) is 0.583. The van der Waals surface area contributed by atoms with Crippen LogP contribution in [0.25, 0.3) is 11.1 Å². The molecule has 1 heterocycles. The van der Waals surface area contributed by atoms with Crippen LogP contribution < -0.4 is 5.32 Å². The van der Waals surface area contributed by atoms with Gasteiger partial charge in [-0.25, -0.2) is 0 Å². The van der Waals surface area contributed by atoms with E-state index in [1.807, 2.05) is 0 Å². The van der Waals surface area contributed by atoms with E-state index < -0.39 is 0 Å². The number of benzene rings is 2. The number of anilines is 1. The van der Waals surface area contributed by atoms with Gasteiger partial charge in [-0.15, -0.1) is 0 Å². The second-order valence-electron chi connectivity index (χ2n) is 5.38. The first kappa shape index (κ1) is 13.4. The SMILES string of the molecule is BrC1=CC2c3ccccc3-c3cc(Br)ccc3NC2C=C1. The van der Waals surface area contributed by atoms with E-state index in [1.165, 1.54) is 22.4 Å². The summed E-state index contributed by atoms with van der Waals surface area (Å²) >= 11 is 7.21. The van der Waals surface area contributed by atoms with Crippen molar-refractivity contribution in [3.8, 4) is 11.1 Å². The maximum atomic E-state index is 3.68. The van der Waals surface area contributed by atoms with E-state index in [2.05, 4.69) is 97.9 Å². The first-order valence-corrected chi connectivity index (χ1v) is 8.52. The van der Waals surface area contributed by atoms with Gasteiger partial charge in [0.15, 0.2) is 0 Å². The monoisotopic (exact) mass is 401 g/mol. The highest BCUT2D eigenvalue weighted by atomic mass is 79.9. The van der Waals surface area contributed by atoms with Gasteiger partial charge >= 0.3 is 0 Å². The van der Waals surface area contributed by atoms with Crippen LogP contribution in [0, 0.1) is 0 Å². The maximum Gasteiger partial charge on any atom is 0.0552 e. The highest BCUT2D eigenvalue weighted by Crippen LogP contribution is 2.43. The molecular weight excluding hydrogens is 390 g/mol. The molecule has 2 aromatic rings. The molecule has 4 rings (SSSR count). The van der Waals surface area contributed by atoms with Crippen LogP contribution in [0.4, 0.5) is 5.69 Å². The average Bonchev–Trinajstić information content (AvgIpc) is 2.63. The van der Waals surface area contributed by atoms with Gasteiger partial charge in [-0.05, 0) is 29.3 Å². The standard InChI is InChI=1S/C18H13Br2N/c19-11-5-7-17-15(9-11)13-3-1-2-4-14(13)16-10-12(20)6-8-18(16)21-17/h1-10,15,17,21H. The molecule has 0 spiro atoms. The van der Waals surface area contributed by atoms with Crippen molar-refractivity contribution in [3.63, 3.8) is 0 Å². The van der Waals surface area contributed by atoms with E-state index in [0.717, 1.165) is 8.96 Å². The van der Waals surface area contributed by atoms with Gasteiger partial charge in [-0.3, -0.25) is 0 Å². The van der Waals surface area contributed by atoms with Gasteiger partial charge in [-0.2, -0.15) is 0 Å². The van der Waals surface area contributed by atoms with Crippen molar-refractivity contribution in [3.05, 3.63) is 75.2 Å². The fourth-order valence-corrected chi connectivity index (χ4v) is 3.94. The highest BCUT2D eigenvalue weighted by Gasteiger charge is 2.28. The van der Waals surface area contributed by atoms with Crippen molar-refractivity contribution in [2.45, 2.75) is 12.0 Å². The molecule has 2 atom stereocenters. The maximum absolute atomic E-state index is 3.68. The van der Waals surface area contributed by atoms with Crippen LogP contribution in [-0.4, -0.2) is 6.04 Å². The van der Waals surface area contributed by atoms with Crippen LogP contribution in [0.5, 0.6) is 0 Å². The number of nitrogens with one attached hydrogen (secondary N) is 1. The van der Waals surface area contributed by atoms with Crippen molar-refractivity contribution in [1.29, 1.82) is 0 Å². The lowest BCUT2D eigenvalue weighted by molar-refractivity contribution is 0.762. The minimum absolute atomic E-state index is 0.287. The molecule has 2 aliphatic rings. The first-order valence-electron chi connectivity index (χ1n) is 6.93. The Labute approximate surface area is 141 Å². The summed E-state index contributed by atoms with van der Waals surface area (Å²) in [6.07, 6.45) is 6.65. The van der Waals surface area contributed by atoms with Gasteiger partial charge in [-0.1, -0.05) is 74.4 Å². The topological polar surface area (TPSA) is 12.0 Å². The lowest BCUT2D eigenvalue weighted by atomic mass is 9.85. The summed E-state index contributed by atoms with van der Waals surface area (Å²) in [5.41, 5.74) is 5.12. The van der Waals surface area contributed by atoms with Crippen molar-refractivity contribution in [2.75, 3.05) is 5.32 Å². The van der Waals surface area contributed by atoms with Gasteiger partial charge in [0, 0.05) is 26.1 Å². The Morgan fingerprint density at radius 2 is 1.81 bits per heavy atom. The van der Waals surface area contributed by atoms with Gasteiger partial charge < -0.3 is 5.32 Å². The van der Waals surface area contributed by atoms with E-state index in [4.69, 9.17) is 0 Å². The number of rotatable bonds is 0. The molecule has 0 fully saturated rings. The lowest BCUT2D eigenvalue weighted by Gasteiger charge is -2.25. The summed E-state index contributed by atoms with van der Waals surface area (Å²) in [4.78, 5) is 0. The predicted molar refractivity (Wildman–Crippen MR) is 95.9 cm³/mol. The Bertz CT molecular complexity index is 777. The fraction of sp³-hybridized carbons (Fsp3) is 0.111. The molecule has 104 valence electrons. The summed E-state index contributed by atoms with van der Waals surface area (Å²) in [5.74, 6) is 0.340. The van der Waals surface area contributed by atoms with Crippen LogP contribution in [0.2, 0.25) is 0 Å². The van der Waals surface area contributed by atoms with Crippen LogP contribution in [0.15, 0.2) is 69.6 Å². The van der Waals surface area contributed by atoms with Crippen LogP contribution in [0.1, 0.15) is 11.5 Å². The fourth-order valence-electron chi connectivity index (χ4n) is 3.14. The predicted octanol–water partition coefficient (Wildman–Crippen LogP) is 5.84. The Kier molecular flexibility index (Phi) is 3.27. The molecule has 0 bridgehead atoms. The molecule has 3 heteroatoms. The summed E-state index contributed by atoms with van der Waals surface area (Å²) in [6, 6.07) is 15.4. The van der Waals surface area contributed by atoms with Crippen LogP contribution in [-0.2, 0) is 0 Å². The third kappa shape index (κ3) is 2.29. The molecule has 0 radical (unpaired) electrons. The van der Waals surface area contributed by atoms with E-state index in [-0.39, 0.29) is 6.04 Å². The number of fused-ring (bicyclic) bond motifs is 5. The van der Waals surface area contributed by atoms with Crippen molar-refractivity contribution < 1.29 is 0 Å². The van der Waals surface area contributed by atoms with Crippen LogP contribution in [0.3, 0.4) is 0 Å². The molecule has 0 aromatic heterocycles. The van der Waals surface area contributed by atoms with E-state index >= 15 is 0 Å². The number of hydrogen-bond acceptors (Lipinski definition) is 1. The van der Waals surface area contributed by atoms with Gasteiger partial charge in [0.1, 0.15) is 0 Å². The minimum Gasteiger partial charge on any atom is -0.377 e. The molecule has 1 aliphatic carbocycles. The molecule has 1 aliphatic heterocycles.